The molecule has 0 N–H and O–H groups in total. The molecule has 0 amide bonds. The van der Waals surface area contributed by atoms with E-state index in [1.54, 1.807) is 18.2 Å². The number of rotatable bonds is 3. The van der Waals surface area contributed by atoms with Gasteiger partial charge < -0.3 is 19.8 Å². The van der Waals surface area contributed by atoms with Gasteiger partial charge in [0.05, 0.1) is 17.9 Å². The van der Waals surface area contributed by atoms with Gasteiger partial charge in [0.15, 0.2) is 0 Å². The first-order chi connectivity index (χ1) is 6.13. The maximum absolute atomic E-state index is 10.4. The second-order valence-electron chi connectivity index (χ2n) is 2.48. The molecule has 0 aromatic heterocycles. The number of carboxylic acids is 2. The summed E-state index contributed by atoms with van der Waals surface area (Å²) in [5, 5.41) is 20.8. The van der Waals surface area contributed by atoms with Gasteiger partial charge in [-0.2, -0.15) is 0 Å². The summed E-state index contributed by atoms with van der Waals surface area (Å²) in [6.45, 7) is 0. The molecule has 68 valence electrons. The van der Waals surface area contributed by atoms with Gasteiger partial charge in [-0.25, -0.2) is 0 Å². The largest absolute Gasteiger partial charge is 1.00 e. The summed E-state index contributed by atoms with van der Waals surface area (Å²) in [5.41, 5.74) is 0.155. The molecule has 0 heterocycles. The van der Waals surface area contributed by atoms with Gasteiger partial charge in [0.25, 0.3) is 0 Å². The van der Waals surface area contributed by atoms with Gasteiger partial charge in [-0.15, -0.1) is 0 Å². The van der Waals surface area contributed by atoms with Crippen molar-refractivity contribution in [1.82, 2.24) is 0 Å². The summed E-state index contributed by atoms with van der Waals surface area (Å²) >= 11 is 0. The second kappa shape index (κ2) is 8.33. The summed E-state index contributed by atoms with van der Waals surface area (Å²) in [4.78, 5) is 20.8. The first kappa shape index (κ1) is 17.6. The number of carbonyl (C=O) groups excluding carboxylic acids is 2. The third-order valence-electron chi connectivity index (χ3n) is 1.60. The van der Waals surface area contributed by atoms with Crippen molar-refractivity contribution in [2.24, 2.45) is 0 Å². The van der Waals surface area contributed by atoms with Crippen LogP contribution < -0.4 is 69.3 Å². The van der Waals surface area contributed by atoms with Crippen LogP contribution >= 0.6 is 0 Å². The quantitative estimate of drug-likeness (QED) is 0.377. The van der Waals surface area contributed by atoms with Crippen LogP contribution in [0.5, 0.6) is 0 Å². The van der Waals surface area contributed by atoms with Crippen LogP contribution in [0.1, 0.15) is 11.5 Å². The van der Waals surface area contributed by atoms with Gasteiger partial charge >= 0.3 is 59.1 Å². The maximum atomic E-state index is 10.4. The molecule has 0 aliphatic rings. The van der Waals surface area contributed by atoms with Gasteiger partial charge in [0.1, 0.15) is 0 Å². The molecule has 0 saturated carbocycles. The van der Waals surface area contributed by atoms with E-state index in [0.717, 1.165) is 0 Å². The molecule has 4 nitrogen and oxygen atoms in total. The molecule has 0 bridgehead atoms. The number of hydrogen-bond acceptors (Lipinski definition) is 4. The van der Waals surface area contributed by atoms with Gasteiger partial charge in [-0.05, 0) is 5.56 Å². The third-order valence-corrected chi connectivity index (χ3v) is 1.60. The standard InChI is InChI=1S/C9H8O4.2Na/c10-8(11)7(9(12)13)6-4-2-1-3-5-6;;/h1-5,7H,(H,10,11)(H,12,13);;/q;2*+1/p-2. The number of benzene rings is 1. The molecular formula is C9H6Na2O4. The van der Waals surface area contributed by atoms with Crippen molar-refractivity contribution < 1.29 is 78.9 Å². The second-order valence-corrected chi connectivity index (χ2v) is 2.48. The Morgan fingerprint density at radius 3 is 1.67 bits per heavy atom. The SMILES string of the molecule is O=C([O-])C(C(=O)[O-])c1ccccc1.[Na+].[Na+]. The van der Waals surface area contributed by atoms with Crippen LogP contribution in [-0.2, 0) is 9.59 Å². The minimum atomic E-state index is -1.69. The predicted molar refractivity (Wildman–Crippen MR) is 39.2 cm³/mol. The monoisotopic (exact) mass is 224 g/mol. The molecule has 0 fully saturated rings. The van der Waals surface area contributed by atoms with Crippen LogP contribution in [0.25, 0.3) is 0 Å². The van der Waals surface area contributed by atoms with Crippen molar-refractivity contribution in [3.63, 3.8) is 0 Å². The molecular weight excluding hydrogens is 218 g/mol. The van der Waals surface area contributed by atoms with Crippen molar-refractivity contribution in [3.05, 3.63) is 35.9 Å². The Kier molecular flexibility index (Phi) is 9.74. The molecule has 6 heteroatoms. The molecule has 15 heavy (non-hydrogen) atoms. The number of carbonyl (C=O) groups is 2. The number of carboxylic acid groups (broad SMARTS) is 2. The molecule has 1 aromatic rings. The van der Waals surface area contributed by atoms with Crippen molar-refractivity contribution in [3.8, 4) is 0 Å². The van der Waals surface area contributed by atoms with Crippen LogP contribution in [0.4, 0.5) is 0 Å². The molecule has 0 spiro atoms. The van der Waals surface area contributed by atoms with Crippen LogP contribution in [-0.4, -0.2) is 11.9 Å². The Balaban J connectivity index is 0. The Morgan fingerprint density at radius 1 is 0.933 bits per heavy atom. The van der Waals surface area contributed by atoms with E-state index < -0.39 is 17.9 Å². The fourth-order valence-electron chi connectivity index (χ4n) is 1.01. The number of aliphatic carboxylic acids is 2. The van der Waals surface area contributed by atoms with E-state index in [1.807, 2.05) is 0 Å². The average Bonchev–Trinajstić information content (AvgIpc) is 2.04. The van der Waals surface area contributed by atoms with E-state index in [1.165, 1.54) is 12.1 Å². The van der Waals surface area contributed by atoms with Crippen LogP contribution in [0.15, 0.2) is 30.3 Å². The third kappa shape index (κ3) is 5.15. The fraction of sp³-hybridized carbons (Fsp3) is 0.111. The predicted octanol–water partition coefficient (Wildman–Crippen LogP) is -7.72. The minimum absolute atomic E-state index is 0. The van der Waals surface area contributed by atoms with Crippen molar-refractivity contribution in [2.45, 2.75) is 5.92 Å². The maximum Gasteiger partial charge on any atom is 1.00 e. The fourth-order valence-corrected chi connectivity index (χ4v) is 1.01. The zero-order chi connectivity index (χ0) is 9.84. The Labute approximate surface area is 131 Å². The molecule has 0 unspecified atom stereocenters. The topological polar surface area (TPSA) is 80.3 Å². The van der Waals surface area contributed by atoms with Crippen LogP contribution in [0.3, 0.4) is 0 Å². The molecule has 1 rings (SSSR count). The normalized spacial score (nSPS) is 8.60. The van der Waals surface area contributed by atoms with Gasteiger partial charge in [-0.3, -0.25) is 0 Å². The zero-order valence-electron chi connectivity index (χ0n) is 8.60. The summed E-state index contributed by atoms with van der Waals surface area (Å²) < 4.78 is 0. The summed E-state index contributed by atoms with van der Waals surface area (Å²) in [7, 11) is 0. The molecule has 0 aliphatic heterocycles. The molecule has 0 saturated heterocycles. The van der Waals surface area contributed by atoms with Gasteiger partial charge in [0, 0.05) is 0 Å². The summed E-state index contributed by atoms with van der Waals surface area (Å²) in [6, 6.07) is 7.56. The molecule has 0 atom stereocenters. The summed E-state index contributed by atoms with van der Waals surface area (Å²) in [5.74, 6) is -5.02. The molecule has 0 aliphatic carbocycles. The van der Waals surface area contributed by atoms with E-state index in [2.05, 4.69) is 0 Å². The van der Waals surface area contributed by atoms with Crippen LogP contribution in [0.2, 0.25) is 0 Å². The Hall–Kier alpha value is 0.160. The molecule has 1 aromatic carbocycles. The van der Waals surface area contributed by atoms with E-state index in [4.69, 9.17) is 0 Å². The van der Waals surface area contributed by atoms with E-state index in [-0.39, 0.29) is 64.7 Å². The summed E-state index contributed by atoms with van der Waals surface area (Å²) in [6.07, 6.45) is 0. The van der Waals surface area contributed by atoms with E-state index in [9.17, 15) is 19.8 Å². The smallest absolute Gasteiger partial charge is 0.549 e. The van der Waals surface area contributed by atoms with Crippen molar-refractivity contribution in [2.75, 3.05) is 0 Å². The first-order valence-corrected chi connectivity index (χ1v) is 3.59. The van der Waals surface area contributed by atoms with Gasteiger partial charge in [0.2, 0.25) is 0 Å². The van der Waals surface area contributed by atoms with Crippen molar-refractivity contribution >= 4 is 11.9 Å². The van der Waals surface area contributed by atoms with E-state index >= 15 is 0 Å². The molecule has 0 radical (unpaired) electrons. The number of hydrogen-bond donors (Lipinski definition) is 0. The minimum Gasteiger partial charge on any atom is -0.549 e. The Morgan fingerprint density at radius 2 is 1.33 bits per heavy atom. The van der Waals surface area contributed by atoms with Gasteiger partial charge in [-0.1, -0.05) is 30.3 Å². The van der Waals surface area contributed by atoms with Crippen molar-refractivity contribution in [1.29, 1.82) is 0 Å². The van der Waals surface area contributed by atoms with E-state index in [0.29, 0.717) is 0 Å². The average molecular weight is 224 g/mol. The Bertz CT molecular complexity index is 312. The first-order valence-electron chi connectivity index (χ1n) is 3.59. The van der Waals surface area contributed by atoms with Crippen LogP contribution in [0, 0.1) is 0 Å². The zero-order valence-corrected chi connectivity index (χ0v) is 12.6.